The second-order valence-corrected chi connectivity index (χ2v) is 9.36. The van der Waals surface area contributed by atoms with Crippen LogP contribution in [0.25, 0.3) is 0 Å². The molecule has 1 aliphatic carbocycles. The molecule has 198 valence electrons. The number of nitrogens with zero attached hydrogens (tertiary/aromatic N) is 2. The Bertz CT molecular complexity index is 1380. The van der Waals surface area contributed by atoms with E-state index >= 15 is 0 Å². The van der Waals surface area contributed by atoms with Crippen LogP contribution >= 0.6 is 0 Å². The average Bonchev–Trinajstić information content (AvgIpc) is 3.27. The number of morpholine rings is 1. The number of aromatic nitrogens is 1. The molecule has 7 nitrogen and oxygen atoms in total. The Morgan fingerprint density at radius 3 is 2.50 bits per heavy atom. The van der Waals surface area contributed by atoms with Gasteiger partial charge in [0.15, 0.2) is 0 Å². The van der Waals surface area contributed by atoms with Crippen molar-refractivity contribution >= 4 is 34.5 Å². The summed E-state index contributed by atoms with van der Waals surface area (Å²) >= 11 is 0. The molecule has 0 atom stereocenters. The van der Waals surface area contributed by atoms with Gasteiger partial charge in [-0.25, -0.2) is 4.98 Å². The van der Waals surface area contributed by atoms with Crippen LogP contribution < -0.4 is 20.9 Å². The van der Waals surface area contributed by atoms with Crippen molar-refractivity contribution in [1.82, 2.24) is 10.3 Å². The fourth-order valence-electron chi connectivity index (χ4n) is 4.77. The highest BCUT2D eigenvalue weighted by atomic mass is 19.4. The van der Waals surface area contributed by atoms with Crippen LogP contribution in [0.5, 0.6) is 0 Å². The molecule has 1 fully saturated rings. The van der Waals surface area contributed by atoms with Gasteiger partial charge in [0.2, 0.25) is 0 Å². The van der Waals surface area contributed by atoms with Gasteiger partial charge in [0.1, 0.15) is 5.82 Å². The summed E-state index contributed by atoms with van der Waals surface area (Å²) < 4.78 is 47.2. The first kappa shape index (κ1) is 25.6. The van der Waals surface area contributed by atoms with Gasteiger partial charge < -0.3 is 25.6 Å². The number of ether oxygens (including phenoxy) is 1. The number of hydrogen-bond acceptors (Lipinski definition) is 6. The van der Waals surface area contributed by atoms with Gasteiger partial charge in [-0.15, -0.1) is 0 Å². The third-order valence-corrected chi connectivity index (χ3v) is 6.69. The lowest BCUT2D eigenvalue weighted by Gasteiger charge is -2.29. The van der Waals surface area contributed by atoms with Crippen LogP contribution in [0.1, 0.15) is 27.0 Å². The van der Waals surface area contributed by atoms with Gasteiger partial charge in [-0.05, 0) is 54.3 Å². The third kappa shape index (κ3) is 5.45. The van der Waals surface area contributed by atoms with E-state index in [1.807, 2.05) is 18.2 Å². The minimum absolute atomic E-state index is 0.214. The molecule has 0 saturated carbocycles. The summed E-state index contributed by atoms with van der Waals surface area (Å²) in [5.41, 5.74) is 4.31. The average molecular weight is 524 g/mol. The molecule has 1 aliphatic heterocycles. The molecule has 5 rings (SSSR count). The first-order valence-electron chi connectivity index (χ1n) is 12.3. The Balaban J connectivity index is 1.47. The lowest BCUT2D eigenvalue weighted by atomic mass is 10.1. The van der Waals surface area contributed by atoms with Crippen molar-refractivity contribution in [1.29, 1.82) is 0 Å². The second-order valence-electron chi connectivity index (χ2n) is 9.36. The molecule has 1 amide bonds. The summed E-state index contributed by atoms with van der Waals surface area (Å²) in [6, 6.07) is 12.2. The fourth-order valence-corrected chi connectivity index (χ4v) is 4.77. The van der Waals surface area contributed by atoms with Crippen LogP contribution in [-0.2, 0) is 23.8 Å². The largest absolute Gasteiger partial charge is 0.419 e. The number of amides is 1. The van der Waals surface area contributed by atoms with E-state index in [2.05, 4.69) is 32.4 Å². The molecule has 0 unspecified atom stereocenters. The van der Waals surface area contributed by atoms with Gasteiger partial charge in [-0.2, -0.15) is 13.2 Å². The molecule has 2 aromatic carbocycles. The Hall–Kier alpha value is -4.05. The highest BCUT2D eigenvalue weighted by molar-refractivity contribution is 6.01. The molecule has 0 bridgehead atoms. The summed E-state index contributed by atoms with van der Waals surface area (Å²) in [5.74, 6) is -0.174. The SMILES string of the molecule is C=C1Cc2ccc(Nc3cc(Nc4ccc(N5CCOCC5)cc4C(=O)NC)c(C(F)(F)F)cn3)cc2C1. The highest BCUT2D eigenvalue weighted by Crippen LogP contribution is 2.38. The lowest BCUT2D eigenvalue weighted by Crippen LogP contribution is -2.36. The maximum absolute atomic E-state index is 13.9. The summed E-state index contributed by atoms with van der Waals surface area (Å²) in [5, 5.41) is 8.53. The lowest BCUT2D eigenvalue weighted by molar-refractivity contribution is -0.137. The fraction of sp³-hybridized carbons (Fsp3) is 0.286. The van der Waals surface area contributed by atoms with Crippen molar-refractivity contribution in [3.05, 3.63) is 83.1 Å². The van der Waals surface area contributed by atoms with Gasteiger partial charge in [0, 0.05) is 43.8 Å². The first-order valence-corrected chi connectivity index (χ1v) is 12.3. The molecule has 1 saturated heterocycles. The number of rotatable bonds is 6. The third-order valence-electron chi connectivity index (χ3n) is 6.69. The number of halogens is 3. The van der Waals surface area contributed by atoms with Crippen LogP contribution in [-0.4, -0.2) is 44.2 Å². The maximum atomic E-state index is 13.9. The number of carbonyl (C=O) groups is 1. The standard InChI is InChI=1S/C28H28F3N5O2/c1-17-11-18-3-4-20(13-19(18)12-17)34-26-15-25(23(16-33-26)28(29,30)31)35-24-6-5-21(14-22(24)27(37)32-2)36-7-9-38-10-8-36/h3-6,13-16H,1,7-12H2,2H3,(H,32,37)(H2,33,34,35). The number of nitrogens with one attached hydrogen (secondary N) is 3. The van der Waals surface area contributed by atoms with Gasteiger partial charge in [-0.1, -0.05) is 18.2 Å². The zero-order valence-electron chi connectivity index (χ0n) is 20.9. The number of pyridine rings is 1. The van der Waals surface area contributed by atoms with Gasteiger partial charge >= 0.3 is 6.18 Å². The summed E-state index contributed by atoms with van der Waals surface area (Å²) in [4.78, 5) is 18.8. The number of fused-ring (bicyclic) bond motifs is 1. The monoisotopic (exact) mass is 523 g/mol. The van der Waals surface area contributed by atoms with Crippen molar-refractivity contribution < 1.29 is 22.7 Å². The van der Waals surface area contributed by atoms with E-state index in [-0.39, 0.29) is 22.8 Å². The summed E-state index contributed by atoms with van der Waals surface area (Å²) in [6.45, 7) is 6.49. The number of anilines is 5. The van der Waals surface area contributed by atoms with E-state index in [4.69, 9.17) is 4.74 Å². The van der Waals surface area contributed by atoms with Crippen LogP contribution in [0.3, 0.4) is 0 Å². The highest BCUT2D eigenvalue weighted by Gasteiger charge is 2.35. The van der Waals surface area contributed by atoms with Crippen molar-refractivity contribution in [3.8, 4) is 0 Å². The van der Waals surface area contributed by atoms with Crippen molar-refractivity contribution in [2.45, 2.75) is 19.0 Å². The van der Waals surface area contributed by atoms with E-state index in [0.717, 1.165) is 41.5 Å². The number of hydrogen-bond donors (Lipinski definition) is 3. The number of benzene rings is 2. The molecule has 38 heavy (non-hydrogen) atoms. The number of alkyl halides is 3. The topological polar surface area (TPSA) is 78.5 Å². The second kappa shape index (κ2) is 10.4. The quantitative estimate of drug-likeness (QED) is 0.374. The zero-order chi connectivity index (χ0) is 26.9. The minimum Gasteiger partial charge on any atom is -0.378 e. The predicted molar refractivity (Wildman–Crippen MR) is 142 cm³/mol. The molecule has 1 aromatic heterocycles. The molecule has 2 aliphatic rings. The van der Waals surface area contributed by atoms with Crippen molar-refractivity contribution in [3.63, 3.8) is 0 Å². The number of allylic oxidation sites excluding steroid dienone is 1. The van der Waals surface area contributed by atoms with Crippen molar-refractivity contribution in [2.24, 2.45) is 0 Å². The van der Waals surface area contributed by atoms with E-state index < -0.39 is 17.6 Å². The minimum atomic E-state index is -4.65. The molecular formula is C28H28F3N5O2. The van der Waals surface area contributed by atoms with E-state index in [0.29, 0.717) is 26.3 Å². The van der Waals surface area contributed by atoms with Crippen LogP contribution in [0, 0.1) is 0 Å². The predicted octanol–water partition coefficient (Wildman–Crippen LogP) is 5.44. The Kier molecular flexibility index (Phi) is 6.98. The van der Waals surface area contributed by atoms with Gasteiger partial charge in [-0.3, -0.25) is 4.79 Å². The van der Waals surface area contributed by atoms with Crippen LogP contribution in [0.15, 0.2) is 60.8 Å². The van der Waals surface area contributed by atoms with E-state index in [1.54, 1.807) is 18.2 Å². The smallest absolute Gasteiger partial charge is 0.378 e. The molecular weight excluding hydrogens is 495 g/mol. The molecule has 10 heteroatoms. The van der Waals surface area contributed by atoms with Crippen LogP contribution in [0.2, 0.25) is 0 Å². The van der Waals surface area contributed by atoms with E-state index in [9.17, 15) is 18.0 Å². The first-order chi connectivity index (χ1) is 18.2. The molecule has 3 N–H and O–H groups in total. The molecule has 0 radical (unpaired) electrons. The summed E-state index contributed by atoms with van der Waals surface area (Å²) in [7, 11) is 1.48. The zero-order valence-corrected chi connectivity index (χ0v) is 20.9. The Morgan fingerprint density at radius 1 is 1.00 bits per heavy atom. The summed E-state index contributed by atoms with van der Waals surface area (Å²) in [6.07, 6.45) is -2.24. The van der Waals surface area contributed by atoms with Gasteiger partial charge in [0.05, 0.1) is 35.7 Å². The molecule has 0 spiro atoms. The van der Waals surface area contributed by atoms with Crippen LogP contribution in [0.4, 0.5) is 41.7 Å². The van der Waals surface area contributed by atoms with E-state index in [1.165, 1.54) is 18.7 Å². The molecule has 2 heterocycles. The molecule has 3 aromatic rings. The Morgan fingerprint density at radius 2 is 1.76 bits per heavy atom. The maximum Gasteiger partial charge on any atom is 0.419 e. The van der Waals surface area contributed by atoms with Gasteiger partial charge in [0.25, 0.3) is 5.91 Å². The normalized spacial score (nSPS) is 15.3. The number of carbonyl (C=O) groups excluding carboxylic acids is 1. The Labute approximate surface area is 218 Å². The van der Waals surface area contributed by atoms with Crippen molar-refractivity contribution in [2.75, 3.05) is 48.9 Å².